The van der Waals surface area contributed by atoms with E-state index in [0.29, 0.717) is 5.92 Å². The van der Waals surface area contributed by atoms with Gasteiger partial charge in [0.25, 0.3) is 0 Å². The summed E-state index contributed by atoms with van der Waals surface area (Å²) in [4.78, 5) is 0. The Morgan fingerprint density at radius 1 is 1.43 bits per heavy atom. The van der Waals surface area contributed by atoms with Crippen LogP contribution < -0.4 is 5.32 Å². The second-order valence-electron chi connectivity index (χ2n) is 4.39. The van der Waals surface area contributed by atoms with E-state index in [-0.39, 0.29) is 17.5 Å². The maximum Gasteiger partial charge on any atom is 0.154 e. The van der Waals surface area contributed by atoms with Gasteiger partial charge >= 0.3 is 0 Å². The molecule has 14 heavy (non-hydrogen) atoms. The van der Waals surface area contributed by atoms with E-state index in [0.717, 1.165) is 13.0 Å². The zero-order chi connectivity index (χ0) is 10.8. The lowest BCUT2D eigenvalue weighted by Gasteiger charge is -2.15. The summed E-state index contributed by atoms with van der Waals surface area (Å²) in [5, 5.41) is 12.5. The van der Waals surface area contributed by atoms with Gasteiger partial charge in [0.05, 0.1) is 17.6 Å². The van der Waals surface area contributed by atoms with Crippen molar-refractivity contribution in [3.63, 3.8) is 0 Å². The summed E-state index contributed by atoms with van der Waals surface area (Å²) in [6.07, 6.45) is 0.274. The van der Waals surface area contributed by atoms with Gasteiger partial charge < -0.3 is 10.4 Å². The summed E-state index contributed by atoms with van der Waals surface area (Å²) in [6, 6.07) is -0.265. The number of aliphatic hydroxyl groups is 1. The van der Waals surface area contributed by atoms with E-state index in [1.807, 2.05) is 0 Å². The number of hydrogen-bond acceptors (Lipinski definition) is 4. The highest BCUT2D eigenvalue weighted by Gasteiger charge is 2.35. The predicted molar refractivity (Wildman–Crippen MR) is 55.9 cm³/mol. The number of rotatable bonds is 4. The summed E-state index contributed by atoms with van der Waals surface area (Å²) in [5.41, 5.74) is 0. The van der Waals surface area contributed by atoms with Crippen LogP contribution in [-0.4, -0.2) is 43.7 Å². The molecule has 4 nitrogen and oxygen atoms in total. The minimum atomic E-state index is -3.01. The van der Waals surface area contributed by atoms with Gasteiger partial charge in [0, 0.05) is 6.04 Å². The topological polar surface area (TPSA) is 66.4 Å². The fourth-order valence-electron chi connectivity index (χ4n) is 1.58. The summed E-state index contributed by atoms with van der Waals surface area (Å²) in [6.45, 7) is 5.00. The summed E-state index contributed by atoms with van der Waals surface area (Å²) in [5.74, 6) is 0.580. The molecule has 0 saturated carbocycles. The van der Waals surface area contributed by atoms with Gasteiger partial charge in [-0.05, 0) is 18.9 Å². The Morgan fingerprint density at radius 3 is 2.50 bits per heavy atom. The molecule has 1 fully saturated rings. The predicted octanol–water partition coefficient (Wildman–Crippen LogP) is -0.220. The van der Waals surface area contributed by atoms with Crippen LogP contribution in [0.25, 0.3) is 0 Å². The average molecular weight is 221 g/mol. The van der Waals surface area contributed by atoms with Crippen molar-refractivity contribution in [2.45, 2.75) is 32.4 Å². The van der Waals surface area contributed by atoms with Gasteiger partial charge in [0.2, 0.25) is 0 Å². The van der Waals surface area contributed by atoms with Crippen LogP contribution in [0, 0.1) is 5.92 Å². The standard InChI is InChI=1S/C9H19NO3S/c1-7(2)3-4-10-8-5-14(12,13)6-9(8)11/h7-11H,3-6H2,1-2H3/t8-,9-/m0/s1. The molecule has 1 heterocycles. The summed E-state index contributed by atoms with van der Waals surface area (Å²) < 4.78 is 22.3. The van der Waals surface area contributed by atoms with Gasteiger partial charge in [-0.15, -0.1) is 0 Å². The van der Waals surface area contributed by atoms with E-state index >= 15 is 0 Å². The Balaban J connectivity index is 2.33. The van der Waals surface area contributed by atoms with Crippen LogP contribution >= 0.6 is 0 Å². The molecule has 0 aliphatic carbocycles. The molecule has 2 N–H and O–H groups in total. The second-order valence-corrected chi connectivity index (χ2v) is 6.54. The fraction of sp³-hybridized carbons (Fsp3) is 1.00. The van der Waals surface area contributed by atoms with Gasteiger partial charge in [-0.25, -0.2) is 8.42 Å². The Labute approximate surface area is 85.6 Å². The van der Waals surface area contributed by atoms with Crippen LogP contribution in [0.4, 0.5) is 0 Å². The SMILES string of the molecule is CC(C)CCN[C@H]1CS(=O)(=O)C[C@@H]1O. The Morgan fingerprint density at radius 2 is 2.07 bits per heavy atom. The molecule has 0 radical (unpaired) electrons. The largest absolute Gasteiger partial charge is 0.390 e. The first kappa shape index (κ1) is 11.9. The normalized spacial score (nSPS) is 31.1. The van der Waals surface area contributed by atoms with E-state index in [1.54, 1.807) is 0 Å². The second kappa shape index (κ2) is 4.59. The first-order chi connectivity index (χ1) is 6.41. The molecule has 0 amide bonds. The van der Waals surface area contributed by atoms with Crippen molar-refractivity contribution in [2.24, 2.45) is 5.92 Å². The first-order valence-corrected chi connectivity index (χ1v) is 6.85. The molecule has 1 rings (SSSR count). The maximum atomic E-state index is 11.1. The minimum Gasteiger partial charge on any atom is -0.390 e. The van der Waals surface area contributed by atoms with Crippen molar-refractivity contribution in [3.05, 3.63) is 0 Å². The third-order valence-corrected chi connectivity index (χ3v) is 4.17. The van der Waals surface area contributed by atoms with E-state index in [1.165, 1.54) is 0 Å². The van der Waals surface area contributed by atoms with Crippen molar-refractivity contribution >= 4 is 9.84 Å². The molecule has 0 spiro atoms. The highest BCUT2D eigenvalue weighted by molar-refractivity contribution is 7.91. The van der Waals surface area contributed by atoms with Gasteiger partial charge in [0.15, 0.2) is 9.84 Å². The molecule has 0 aromatic rings. The molecule has 0 bridgehead atoms. The molecule has 2 atom stereocenters. The minimum absolute atomic E-state index is 0.0757. The van der Waals surface area contributed by atoms with Gasteiger partial charge in [-0.3, -0.25) is 0 Å². The lowest BCUT2D eigenvalue weighted by Crippen LogP contribution is -2.39. The molecular weight excluding hydrogens is 202 g/mol. The van der Waals surface area contributed by atoms with Gasteiger partial charge in [-0.1, -0.05) is 13.8 Å². The molecule has 1 aliphatic heterocycles. The lowest BCUT2D eigenvalue weighted by molar-refractivity contribution is 0.165. The smallest absolute Gasteiger partial charge is 0.154 e. The van der Waals surface area contributed by atoms with Crippen LogP contribution in [0.2, 0.25) is 0 Å². The van der Waals surface area contributed by atoms with E-state index in [4.69, 9.17) is 0 Å². The third-order valence-electron chi connectivity index (χ3n) is 2.45. The number of sulfone groups is 1. The molecule has 0 aromatic carbocycles. The van der Waals surface area contributed by atoms with Crippen molar-refractivity contribution < 1.29 is 13.5 Å². The Kier molecular flexibility index (Phi) is 3.92. The summed E-state index contributed by atoms with van der Waals surface area (Å²) >= 11 is 0. The number of hydrogen-bond donors (Lipinski definition) is 2. The zero-order valence-corrected chi connectivity index (χ0v) is 9.55. The van der Waals surface area contributed by atoms with E-state index < -0.39 is 15.9 Å². The van der Waals surface area contributed by atoms with E-state index in [9.17, 15) is 13.5 Å². The van der Waals surface area contributed by atoms with Gasteiger partial charge in [0.1, 0.15) is 0 Å². The maximum absolute atomic E-state index is 11.1. The van der Waals surface area contributed by atoms with Crippen molar-refractivity contribution in [1.29, 1.82) is 0 Å². The Bertz CT molecular complexity index is 274. The summed E-state index contributed by atoms with van der Waals surface area (Å²) in [7, 11) is -3.01. The lowest BCUT2D eigenvalue weighted by atomic mass is 10.1. The molecule has 0 unspecified atom stereocenters. The number of nitrogens with one attached hydrogen (secondary N) is 1. The van der Waals surface area contributed by atoms with Crippen LogP contribution in [0.5, 0.6) is 0 Å². The van der Waals surface area contributed by atoms with Crippen molar-refractivity contribution in [2.75, 3.05) is 18.1 Å². The molecule has 5 heteroatoms. The molecule has 0 aromatic heterocycles. The Hall–Kier alpha value is -0.130. The van der Waals surface area contributed by atoms with Crippen molar-refractivity contribution in [3.8, 4) is 0 Å². The first-order valence-electron chi connectivity index (χ1n) is 5.02. The third kappa shape index (κ3) is 3.55. The molecule has 1 saturated heterocycles. The molecule has 1 aliphatic rings. The molecule has 84 valence electrons. The quantitative estimate of drug-likeness (QED) is 0.689. The van der Waals surface area contributed by atoms with Crippen molar-refractivity contribution in [1.82, 2.24) is 5.32 Å². The van der Waals surface area contributed by atoms with Crippen LogP contribution in [0.1, 0.15) is 20.3 Å². The fourth-order valence-corrected chi connectivity index (χ4v) is 3.36. The van der Waals surface area contributed by atoms with Crippen LogP contribution in [0.15, 0.2) is 0 Å². The van der Waals surface area contributed by atoms with Crippen LogP contribution in [0.3, 0.4) is 0 Å². The highest BCUT2D eigenvalue weighted by Crippen LogP contribution is 2.12. The molecular formula is C9H19NO3S. The number of aliphatic hydroxyl groups excluding tert-OH is 1. The highest BCUT2D eigenvalue weighted by atomic mass is 32.2. The monoisotopic (exact) mass is 221 g/mol. The van der Waals surface area contributed by atoms with Crippen LogP contribution in [-0.2, 0) is 9.84 Å². The van der Waals surface area contributed by atoms with E-state index in [2.05, 4.69) is 19.2 Å². The average Bonchev–Trinajstić information content (AvgIpc) is 2.24. The van der Waals surface area contributed by atoms with Gasteiger partial charge in [-0.2, -0.15) is 0 Å². The zero-order valence-electron chi connectivity index (χ0n) is 8.73.